The summed E-state index contributed by atoms with van der Waals surface area (Å²) >= 11 is 0. The van der Waals surface area contributed by atoms with Gasteiger partial charge in [0.1, 0.15) is 0 Å². The normalized spacial score (nSPS) is 10.4. The van der Waals surface area contributed by atoms with Crippen LogP contribution in [0.3, 0.4) is 0 Å². The Labute approximate surface area is 124 Å². The lowest BCUT2D eigenvalue weighted by Crippen LogP contribution is -1.94. The van der Waals surface area contributed by atoms with E-state index in [0.29, 0.717) is 5.75 Å². The molecule has 0 amide bonds. The molecule has 0 atom stereocenters. The minimum absolute atomic E-state index is 0.711. The van der Waals surface area contributed by atoms with Gasteiger partial charge < -0.3 is 14.8 Å². The van der Waals surface area contributed by atoms with E-state index in [1.54, 1.807) is 14.2 Å². The zero-order valence-corrected chi connectivity index (χ0v) is 12.1. The Morgan fingerprint density at radius 1 is 0.667 bits per heavy atom. The lowest BCUT2D eigenvalue weighted by molar-refractivity contribution is 0.355. The lowest BCUT2D eigenvalue weighted by Gasteiger charge is -2.11. The number of hydrogen-bond acceptors (Lipinski definition) is 3. The fraction of sp³-hybridized carbons (Fsp3) is 0.111. The summed E-state index contributed by atoms with van der Waals surface area (Å²) < 4.78 is 10.6. The van der Waals surface area contributed by atoms with Crippen molar-refractivity contribution in [3.05, 3.63) is 60.7 Å². The van der Waals surface area contributed by atoms with Gasteiger partial charge in [0.2, 0.25) is 0 Å². The van der Waals surface area contributed by atoms with Crippen LogP contribution in [0.2, 0.25) is 0 Å². The summed E-state index contributed by atoms with van der Waals surface area (Å²) in [5.74, 6) is 1.44. The first-order chi connectivity index (χ1) is 10.3. The standard InChI is InChI=1S/C18H17NO2/c1-20-17-10-9-16(12-18(17)21-2)19-15-8-7-13-5-3-4-6-14(13)11-15/h3-12,19H,1-2H3. The second-order valence-corrected chi connectivity index (χ2v) is 4.76. The highest BCUT2D eigenvalue weighted by atomic mass is 16.5. The van der Waals surface area contributed by atoms with Gasteiger partial charge in [-0.2, -0.15) is 0 Å². The second-order valence-electron chi connectivity index (χ2n) is 4.76. The molecule has 0 saturated carbocycles. The smallest absolute Gasteiger partial charge is 0.162 e. The highest BCUT2D eigenvalue weighted by molar-refractivity contribution is 5.86. The summed E-state index contributed by atoms with van der Waals surface area (Å²) in [7, 11) is 3.27. The molecule has 0 aromatic heterocycles. The summed E-state index contributed by atoms with van der Waals surface area (Å²) in [6.45, 7) is 0. The van der Waals surface area contributed by atoms with Gasteiger partial charge in [-0.25, -0.2) is 0 Å². The van der Waals surface area contributed by atoms with E-state index in [9.17, 15) is 0 Å². The molecule has 1 N–H and O–H groups in total. The first-order valence-corrected chi connectivity index (χ1v) is 6.78. The zero-order valence-electron chi connectivity index (χ0n) is 12.1. The third-order valence-electron chi connectivity index (χ3n) is 3.42. The molecule has 3 aromatic rings. The van der Waals surface area contributed by atoms with Gasteiger partial charge in [0.25, 0.3) is 0 Å². The molecule has 0 spiro atoms. The van der Waals surface area contributed by atoms with Crippen molar-refractivity contribution in [2.75, 3.05) is 19.5 Å². The molecule has 0 unspecified atom stereocenters. The maximum absolute atomic E-state index is 5.32. The van der Waals surface area contributed by atoms with E-state index in [1.165, 1.54) is 10.8 Å². The fourth-order valence-electron chi connectivity index (χ4n) is 2.35. The van der Waals surface area contributed by atoms with Crippen LogP contribution < -0.4 is 14.8 Å². The van der Waals surface area contributed by atoms with Crippen LogP contribution in [0.1, 0.15) is 0 Å². The number of hydrogen-bond donors (Lipinski definition) is 1. The van der Waals surface area contributed by atoms with E-state index in [4.69, 9.17) is 9.47 Å². The predicted octanol–water partition coefficient (Wildman–Crippen LogP) is 4.60. The first-order valence-electron chi connectivity index (χ1n) is 6.78. The molecule has 0 bridgehead atoms. The van der Waals surface area contributed by atoms with Gasteiger partial charge in [-0.1, -0.05) is 30.3 Å². The van der Waals surface area contributed by atoms with E-state index in [-0.39, 0.29) is 0 Å². The molecule has 3 heteroatoms. The van der Waals surface area contributed by atoms with Crippen molar-refractivity contribution in [2.45, 2.75) is 0 Å². The van der Waals surface area contributed by atoms with Gasteiger partial charge in [0.15, 0.2) is 11.5 Å². The molecule has 3 rings (SSSR count). The number of benzene rings is 3. The molecule has 3 nitrogen and oxygen atoms in total. The van der Waals surface area contributed by atoms with Crippen LogP contribution >= 0.6 is 0 Å². The largest absolute Gasteiger partial charge is 0.493 e. The second kappa shape index (κ2) is 5.75. The van der Waals surface area contributed by atoms with Gasteiger partial charge in [0.05, 0.1) is 14.2 Å². The van der Waals surface area contributed by atoms with Gasteiger partial charge >= 0.3 is 0 Å². The van der Waals surface area contributed by atoms with Crippen molar-refractivity contribution >= 4 is 22.1 Å². The third kappa shape index (κ3) is 2.77. The molecule has 21 heavy (non-hydrogen) atoms. The van der Waals surface area contributed by atoms with Crippen molar-refractivity contribution < 1.29 is 9.47 Å². The first kappa shape index (κ1) is 13.3. The summed E-state index contributed by atoms with van der Waals surface area (Å²) in [5, 5.41) is 5.83. The summed E-state index contributed by atoms with van der Waals surface area (Å²) in [6.07, 6.45) is 0. The van der Waals surface area contributed by atoms with Crippen molar-refractivity contribution in [1.29, 1.82) is 0 Å². The van der Waals surface area contributed by atoms with Crippen LogP contribution in [0.4, 0.5) is 11.4 Å². The van der Waals surface area contributed by atoms with Crippen molar-refractivity contribution in [3.63, 3.8) is 0 Å². The van der Waals surface area contributed by atoms with E-state index in [0.717, 1.165) is 17.1 Å². The lowest BCUT2D eigenvalue weighted by atomic mass is 10.1. The Morgan fingerprint density at radius 2 is 1.33 bits per heavy atom. The van der Waals surface area contributed by atoms with E-state index in [2.05, 4.69) is 35.6 Å². The predicted molar refractivity (Wildman–Crippen MR) is 86.8 cm³/mol. The molecular formula is C18H17NO2. The molecule has 3 aromatic carbocycles. The van der Waals surface area contributed by atoms with E-state index >= 15 is 0 Å². The summed E-state index contributed by atoms with van der Waals surface area (Å²) in [5.41, 5.74) is 2.00. The van der Waals surface area contributed by atoms with Crippen LogP contribution in [0.5, 0.6) is 11.5 Å². The number of fused-ring (bicyclic) bond motifs is 1. The van der Waals surface area contributed by atoms with Gasteiger partial charge in [-0.15, -0.1) is 0 Å². The Bertz CT molecular complexity index is 768. The van der Waals surface area contributed by atoms with E-state index < -0.39 is 0 Å². The maximum Gasteiger partial charge on any atom is 0.162 e. The number of anilines is 2. The molecule has 0 fully saturated rings. The highest BCUT2D eigenvalue weighted by Crippen LogP contribution is 2.31. The zero-order chi connectivity index (χ0) is 14.7. The maximum atomic E-state index is 5.32. The quantitative estimate of drug-likeness (QED) is 0.757. The van der Waals surface area contributed by atoms with Crippen LogP contribution in [0, 0.1) is 0 Å². The Balaban J connectivity index is 1.91. The number of methoxy groups -OCH3 is 2. The molecule has 106 valence electrons. The molecule has 0 heterocycles. The SMILES string of the molecule is COc1ccc(Nc2ccc3ccccc3c2)cc1OC. The van der Waals surface area contributed by atoms with Crippen molar-refractivity contribution in [1.82, 2.24) is 0 Å². The number of nitrogens with one attached hydrogen (secondary N) is 1. The third-order valence-corrected chi connectivity index (χ3v) is 3.42. The number of ether oxygens (including phenoxy) is 2. The summed E-state index contributed by atoms with van der Waals surface area (Å²) in [4.78, 5) is 0. The summed E-state index contributed by atoms with van der Waals surface area (Å²) in [6, 6.07) is 20.4. The van der Waals surface area contributed by atoms with Gasteiger partial charge in [-0.05, 0) is 35.0 Å². The van der Waals surface area contributed by atoms with Crippen LogP contribution in [0.15, 0.2) is 60.7 Å². The van der Waals surface area contributed by atoms with Crippen LogP contribution in [-0.2, 0) is 0 Å². The average Bonchev–Trinajstić information content (AvgIpc) is 2.54. The van der Waals surface area contributed by atoms with Crippen molar-refractivity contribution in [3.8, 4) is 11.5 Å². The van der Waals surface area contributed by atoms with Gasteiger partial charge in [-0.3, -0.25) is 0 Å². The van der Waals surface area contributed by atoms with Crippen molar-refractivity contribution in [2.24, 2.45) is 0 Å². The molecule has 0 radical (unpaired) electrons. The minimum Gasteiger partial charge on any atom is -0.493 e. The van der Waals surface area contributed by atoms with Crippen LogP contribution in [-0.4, -0.2) is 14.2 Å². The average molecular weight is 279 g/mol. The van der Waals surface area contributed by atoms with Crippen LogP contribution in [0.25, 0.3) is 10.8 Å². The number of rotatable bonds is 4. The molecule has 0 aliphatic carbocycles. The molecule has 0 saturated heterocycles. The highest BCUT2D eigenvalue weighted by Gasteiger charge is 2.05. The molecule has 0 aliphatic heterocycles. The monoisotopic (exact) mass is 279 g/mol. The fourth-order valence-corrected chi connectivity index (χ4v) is 2.35. The Kier molecular flexibility index (Phi) is 3.65. The topological polar surface area (TPSA) is 30.5 Å². The Morgan fingerprint density at radius 3 is 2.10 bits per heavy atom. The minimum atomic E-state index is 0.711. The Hall–Kier alpha value is -2.68. The van der Waals surface area contributed by atoms with E-state index in [1.807, 2.05) is 30.3 Å². The molecular weight excluding hydrogens is 262 g/mol. The molecule has 0 aliphatic rings. The van der Waals surface area contributed by atoms with Gasteiger partial charge in [0, 0.05) is 17.4 Å².